The van der Waals surface area contributed by atoms with Gasteiger partial charge >= 0.3 is 0 Å². The number of primary amides is 1. The molecule has 1 heterocycles. The van der Waals surface area contributed by atoms with Gasteiger partial charge in [0.1, 0.15) is 0 Å². The molecule has 5 nitrogen and oxygen atoms in total. The van der Waals surface area contributed by atoms with Gasteiger partial charge in [-0.2, -0.15) is 0 Å². The van der Waals surface area contributed by atoms with E-state index in [1.54, 1.807) is 24.3 Å². The fourth-order valence-corrected chi connectivity index (χ4v) is 2.71. The number of nitrogens with zero attached hydrogens (tertiary/aromatic N) is 1. The molecule has 0 aromatic heterocycles. The number of carbonyl (C=O) groups excluding carboxylic acids is 2. The highest BCUT2D eigenvalue weighted by Crippen LogP contribution is 2.18. The van der Waals surface area contributed by atoms with Gasteiger partial charge in [-0.05, 0) is 56.5 Å². The summed E-state index contributed by atoms with van der Waals surface area (Å²) in [5.41, 5.74) is 6.31. The number of hydrogen-bond donors (Lipinski definition) is 2. The van der Waals surface area contributed by atoms with E-state index in [0.717, 1.165) is 19.5 Å². The van der Waals surface area contributed by atoms with Gasteiger partial charge in [-0.1, -0.05) is 6.92 Å². The van der Waals surface area contributed by atoms with Crippen molar-refractivity contribution in [1.29, 1.82) is 0 Å². The van der Waals surface area contributed by atoms with Gasteiger partial charge in [-0.15, -0.1) is 0 Å². The van der Waals surface area contributed by atoms with Crippen LogP contribution < -0.4 is 11.1 Å². The lowest BCUT2D eigenvalue weighted by molar-refractivity contribution is -0.121. The van der Waals surface area contributed by atoms with Gasteiger partial charge in [0.05, 0.1) is 6.04 Å². The summed E-state index contributed by atoms with van der Waals surface area (Å²) < 4.78 is 0. The second-order valence-corrected chi connectivity index (χ2v) is 5.85. The van der Waals surface area contributed by atoms with Crippen molar-refractivity contribution in [1.82, 2.24) is 4.90 Å². The zero-order chi connectivity index (χ0) is 15.4. The van der Waals surface area contributed by atoms with E-state index < -0.39 is 5.91 Å². The summed E-state index contributed by atoms with van der Waals surface area (Å²) in [6.45, 7) is 6.10. The van der Waals surface area contributed by atoms with Gasteiger partial charge < -0.3 is 11.1 Å². The number of piperidine rings is 1. The Morgan fingerprint density at radius 2 is 2.00 bits per heavy atom. The Bertz CT molecular complexity index is 513. The highest BCUT2D eigenvalue weighted by Gasteiger charge is 2.25. The van der Waals surface area contributed by atoms with Gasteiger partial charge in [0.15, 0.2) is 0 Å². The molecule has 114 valence electrons. The van der Waals surface area contributed by atoms with E-state index >= 15 is 0 Å². The Morgan fingerprint density at radius 1 is 1.33 bits per heavy atom. The molecule has 2 atom stereocenters. The molecule has 0 spiro atoms. The van der Waals surface area contributed by atoms with Crippen molar-refractivity contribution in [2.75, 3.05) is 18.4 Å². The summed E-state index contributed by atoms with van der Waals surface area (Å²) in [6.07, 6.45) is 2.38. The minimum absolute atomic E-state index is 0.0177. The summed E-state index contributed by atoms with van der Waals surface area (Å²) in [5, 5.41) is 2.89. The molecule has 1 fully saturated rings. The molecular weight excluding hydrogens is 266 g/mol. The van der Waals surface area contributed by atoms with Crippen LogP contribution in [0.3, 0.4) is 0 Å². The molecule has 5 heteroatoms. The fraction of sp³-hybridized carbons (Fsp3) is 0.500. The molecule has 1 aliphatic heterocycles. The van der Waals surface area contributed by atoms with E-state index in [4.69, 9.17) is 5.73 Å². The summed E-state index contributed by atoms with van der Waals surface area (Å²) in [4.78, 5) is 25.5. The van der Waals surface area contributed by atoms with Gasteiger partial charge in [-0.25, -0.2) is 0 Å². The predicted octanol–water partition coefficient (Wildman–Crippen LogP) is 1.84. The average molecular weight is 289 g/mol. The van der Waals surface area contributed by atoms with Crippen LogP contribution in [0, 0.1) is 5.92 Å². The number of anilines is 1. The Balaban J connectivity index is 1.95. The van der Waals surface area contributed by atoms with Crippen LogP contribution in [0.5, 0.6) is 0 Å². The first kappa shape index (κ1) is 15.5. The number of likely N-dealkylation sites (tertiary alicyclic amines) is 1. The average Bonchev–Trinajstić information content (AvgIpc) is 2.47. The van der Waals surface area contributed by atoms with Crippen molar-refractivity contribution in [2.45, 2.75) is 32.7 Å². The minimum Gasteiger partial charge on any atom is -0.366 e. The van der Waals surface area contributed by atoms with Crippen LogP contribution in [0.4, 0.5) is 5.69 Å². The lowest BCUT2D eigenvalue weighted by atomic mass is 9.99. The second-order valence-electron chi connectivity index (χ2n) is 5.85. The maximum atomic E-state index is 12.3. The van der Waals surface area contributed by atoms with Crippen LogP contribution in [0.15, 0.2) is 24.3 Å². The summed E-state index contributed by atoms with van der Waals surface area (Å²) >= 11 is 0. The predicted molar refractivity (Wildman–Crippen MR) is 83.0 cm³/mol. The quantitative estimate of drug-likeness (QED) is 0.888. The standard InChI is InChI=1S/C16H23N3O2/c1-11-4-3-9-19(10-11)12(2)16(21)18-14-7-5-13(6-8-14)15(17)20/h5-8,11-12H,3-4,9-10H2,1-2H3,(H2,17,20)(H,18,21)/t11-,12-/m0/s1. The van der Waals surface area contributed by atoms with Crippen molar-refractivity contribution in [2.24, 2.45) is 11.7 Å². The summed E-state index contributed by atoms with van der Waals surface area (Å²) in [5.74, 6) is 0.156. The van der Waals surface area contributed by atoms with Crippen molar-refractivity contribution in [3.63, 3.8) is 0 Å². The maximum absolute atomic E-state index is 12.3. The van der Waals surface area contributed by atoms with Crippen LogP contribution in [0.1, 0.15) is 37.0 Å². The van der Waals surface area contributed by atoms with Gasteiger partial charge in [-0.3, -0.25) is 14.5 Å². The largest absolute Gasteiger partial charge is 0.366 e. The highest BCUT2D eigenvalue weighted by atomic mass is 16.2. The molecule has 0 aliphatic carbocycles. The molecule has 1 aliphatic rings. The first-order valence-corrected chi connectivity index (χ1v) is 7.42. The SMILES string of the molecule is C[C@H]1CCCN([C@@H](C)C(=O)Nc2ccc(C(N)=O)cc2)C1. The van der Waals surface area contributed by atoms with Crippen LogP contribution in [0.2, 0.25) is 0 Å². The van der Waals surface area contributed by atoms with E-state index in [2.05, 4.69) is 17.1 Å². The summed E-state index contributed by atoms with van der Waals surface area (Å²) in [7, 11) is 0. The fourth-order valence-electron chi connectivity index (χ4n) is 2.71. The molecule has 2 rings (SSSR count). The molecule has 0 unspecified atom stereocenters. The van der Waals surface area contributed by atoms with Crippen molar-refractivity contribution >= 4 is 17.5 Å². The number of amides is 2. The zero-order valence-corrected chi connectivity index (χ0v) is 12.6. The number of carbonyl (C=O) groups is 2. The number of nitrogens with two attached hydrogens (primary N) is 1. The first-order valence-electron chi connectivity index (χ1n) is 7.42. The van der Waals surface area contributed by atoms with E-state index in [0.29, 0.717) is 17.2 Å². The van der Waals surface area contributed by atoms with Crippen molar-refractivity contribution in [3.05, 3.63) is 29.8 Å². The Kier molecular flexibility index (Phi) is 4.96. The first-order chi connectivity index (χ1) is 9.97. The molecule has 2 amide bonds. The lowest BCUT2D eigenvalue weighted by Crippen LogP contribution is -2.46. The van der Waals surface area contributed by atoms with Crippen LogP contribution in [0.25, 0.3) is 0 Å². The molecule has 3 N–H and O–H groups in total. The van der Waals surface area contributed by atoms with Crippen molar-refractivity contribution in [3.8, 4) is 0 Å². The summed E-state index contributed by atoms with van der Waals surface area (Å²) in [6, 6.07) is 6.48. The normalized spacial score (nSPS) is 20.8. The zero-order valence-electron chi connectivity index (χ0n) is 12.6. The number of benzene rings is 1. The molecule has 1 aromatic rings. The van der Waals surface area contributed by atoms with Crippen LogP contribution >= 0.6 is 0 Å². The van der Waals surface area contributed by atoms with Gasteiger partial charge in [0.25, 0.3) is 0 Å². The third-order valence-electron chi connectivity index (χ3n) is 4.05. The van der Waals surface area contributed by atoms with E-state index in [1.807, 2.05) is 6.92 Å². The molecule has 1 aromatic carbocycles. The van der Waals surface area contributed by atoms with Crippen molar-refractivity contribution < 1.29 is 9.59 Å². The van der Waals surface area contributed by atoms with Crippen LogP contribution in [-0.4, -0.2) is 35.8 Å². The highest BCUT2D eigenvalue weighted by molar-refractivity contribution is 5.96. The van der Waals surface area contributed by atoms with Gasteiger partial charge in [0, 0.05) is 17.8 Å². The van der Waals surface area contributed by atoms with E-state index in [9.17, 15) is 9.59 Å². The Hall–Kier alpha value is -1.88. The Morgan fingerprint density at radius 3 is 2.57 bits per heavy atom. The maximum Gasteiger partial charge on any atom is 0.248 e. The third kappa shape index (κ3) is 4.04. The third-order valence-corrected chi connectivity index (χ3v) is 4.05. The van der Waals surface area contributed by atoms with E-state index in [1.165, 1.54) is 6.42 Å². The Labute approximate surface area is 125 Å². The van der Waals surface area contributed by atoms with E-state index in [-0.39, 0.29) is 11.9 Å². The lowest BCUT2D eigenvalue weighted by Gasteiger charge is -2.34. The molecule has 1 saturated heterocycles. The minimum atomic E-state index is -0.469. The molecule has 21 heavy (non-hydrogen) atoms. The smallest absolute Gasteiger partial charge is 0.248 e. The van der Waals surface area contributed by atoms with Gasteiger partial charge in [0.2, 0.25) is 11.8 Å². The number of nitrogens with one attached hydrogen (secondary N) is 1. The topological polar surface area (TPSA) is 75.4 Å². The number of rotatable bonds is 4. The van der Waals surface area contributed by atoms with Crippen LogP contribution in [-0.2, 0) is 4.79 Å². The molecule has 0 saturated carbocycles. The monoisotopic (exact) mass is 289 g/mol. The molecule has 0 radical (unpaired) electrons. The molecule has 0 bridgehead atoms. The number of hydrogen-bond acceptors (Lipinski definition) is 3. The molecular formula is C16H23N3O2. The second kappa shape index (κ2) is 6.72.